The average molecular weight is 351 g/mol. The molecule has 3 saturated heterocycles. The van der Waals surface area contributed by atoms with Crippen molar-refractivity contribution in [3.63, 3.8) is 0 Å². The first-order chi connectivity index (χ1) is 12.6. The van der Waals surface area contributed by atoms with E-state index in [-0.39, 0.29) is 0 Å². The van der Waals surface area contributed by atoms with Crippen LogP contribution in [0.25, 0.3) is 16.7 Å². The fraction of sp³-hybridized carbons (Fsp3) is 0.500. The molecule has 2 bridgehead atoms. The van der Waals surface area contributed by atoms with Gasteiger partial charge in [-0.2, -0.15) is 5.26 Å². The number of fused-ring (bicyclic) bond motifs is 4. The smallest absolute Gasteiger partial charge is 0.121 e. The molecule has 0 aliphatic carbocycles. The van der Waals surface area contributed by atoms with Gasteiger partial charge < -0.3 is 14.6 Å². The summed E-state index contributed by atoms with van der Waals surface area (Å²) in [4.78, 5) is 5.79. The summed E-state index contributed by atoms with van der Waals surface area (Å²) < 4.78 is 6.15. The van der Waals surface area contributed by atoms with E-state index in [9.17, 15) is 5.26 Å². The topological polar surface area (TPSA) is 52.0 Å². The number of aromatic amines is 1. The van der Waals surface area contributed by atoms with Crippen LogP contribution in [0.5, 0.6) is 0 Å². The number of rotatable bonds is 4. The summed E-state index contributed by atoms with van der Waals surface area (Å²) in [5, 5.41) is 10.2. The maximum Gasteiger partial charge on any atom is 0.121 e. The maximum absolute atomic E-state index is 9.17. The van der Waals surface area contributed by atoms with E-state index in [4.69, 9.17) is 4.74 Å². The highest BCUT2D eigenvalue weighted by Gasteiger charge is 2.40. The number of hydrogen-bond acceptors (Lipinski definition) is 3. The summed E-state index contributed by atoms with van der Waals surface area (Å²) in [5.41, 5.74) is 3.99. The second-order valence-electron chi connectivity index (χ2n) is 7.33. The molecule has 0 atom stereocenters. The van der Waals surface area contributed by atoms with Crippen molar-refractivity contribution in [2.75, 3.05) is 26.2 Å². The number of nitrogens with zero attached hydrogens (tertiary/aromatic N) is 2. The molecule has 1 aromatic carbocycles. The molecular weight excluding hydrogens is 322 g/mol. The molecule has 3 aliphatic heterocycles. The van der Waals surface area contributed by atoms with E-state index in [2.05, 4.69) is 22.5 Å². The molecular formula is C22H29N3O. The molecule has 138 valence electrons. The van der Waals surface area contributed by atoms with Gasteiger partial charge in [-0.25, -0.2) is 0 Å². The van der Waals surface area contributed by atoms with Gasteiger partial charge in [0.1, 0.15) is 5.76 Å². The van der Waals surface area contributed by atoms with Gasteiger partial charge in [-0.05, 0) is 63.5 Å². The fourth-order valence-electron chi connectivity index (χ4n) is 4.06. The van der Waals surface area contributed by atoms with E-state index in [1.807, 2.05) is 39.1 Å². The number of ether oxygens (including phenoxy) is 1. The van der Waals surface area contributed by atoms with E-state index in [1.165, 1.54) is 38.9 Å². The molecule has 1 aromatic heterocycles. The number of piperidine rings is 3. The second-order valence-corrected chi connectivity index (χ2v) is 7.33. The third-order valence-electron chi connectivity index (χ3n) is 5.88. The third kappa shape index (κ3) is 3.37. The van der Waals surface area contributed by atoms with Crippen molar-refractivity contribution in [1.82, 2.24) is 9.88 Å². The van der Waals surface area contributed by atoms with E-state index >= 15 is 0 Å². The summed E-state index contributed by atoms with van der Waals surface area (Å²) in [6, 6.07) is 6.18. The van der Waals surface area contributed by atoms with Crippen LogP contribution in [0, 0.1) is 23.7 Å². The van der Waals surface area contributed by atoms with Gasteiger partial charge in [-0.1, -0.05) is 20.4 Å². The van der Waals surface area contributed by atoms with Crippen LogP contribution in [0.3, 0.4) is 0 Å². The summed E-state index contributed by atoms with van der Waals surface area (Å²) >= 11 is 0. The molecule has 4 nitrogen and oxygen atoms in total. The van der Waals surface area contributed by atoms with Gasteiger partial charge in [0.05, 0.1) is 18.2 Å². The number of nitrogens with one attached hydrogen (secondary N) is 1. The molecule has 1 N–H and O–H groups in total. The molecule has 3 aliphatic rings. The zero-order chi connectivity index (χ0) is 18.7. The van der Waals surface area contributed by atoms with Crippen LogP contribution < -0.4 is 0 Å². The molecule has 0 unspecified atom stereocenters. The van der Waals surface area contributed by atoms with Crippen LogP contribution in [0.4, 0.5) is 0 Å². The van der Waals surface area contributed by atoms with Gasteiger partial charge in [0, 0.05) is 28.1 Å². The summed E-state index contributed by atoms with van der Waals surface area (Å²) in [5.74, 6) is 0.729. The Balaban J connectivity index is 0.000000948. The first-order valence-electron chi connectivity index (χ1n) is 9.66. The number of H-pyrrole nitrogens is 1. The molecule has 2 aromatic rings. The van der Waals surface area contributed by atoms with Gasteiger partial charge in [-0.3, -0.25) is 0 Å². The van der Waals surface area contributed by atoms with Gasteiger partial charge >= 0.3 is 0 Å². The second kappa shape index (κ2) is 7.55. The fourth-order valence-corrected chi connectivity index (χ4v) is 4.06. The average Bonchev–Trinajstić information content (AvgIpc) is 3.11. The lowest BCUT2D eigenvalue weighted by Gasteiger charge is -2.48. The van der Waals surface area contributed by atoms with Crippen LogP contribution in [0.2, 0.25) is 0 Å². The summed E-state index contributed by atoms with van der Waals surface area (Å²) in [6.07, 6.45) is 5.64. The van der Waals surface area contributed by atoms with Crippen molar-refractivity contribution in [1.29, 1.82) is 5.26 Å². The zero-order valence-electron chi connectivity index (χ0n) is 16.2. The minimum Gasteiger partial charge on any atom is -0.493 e. The van der Waals surface area contributed by atoms with Gasteiger partial charge in [0.15, 0.2) is 0 Å². The summed E-state index contributed by atoms with van der Waals surface area (Å²) in [6.45, 7) is 14.5. The Labute approximate surface area is 156 Å². The molecule has 4 heterocycles. The van der Waals surface area contributed by atoms with Crippen molar-refractivity contribution in [2.24, 2.45) is 5.41 Å². The Kier molecular flexibility index (Phi) is 5.38. The normalized spacial score (nSPS) is 23.8. The lowest BCUT2D eigenvalue weighted by molar-refractivity contribution is -0.0148. The Bertz CT molecular complexity index is 821. The minimum absolute atomic E-state index is 0.341. The Morgan fingerprint density at radius 2 is 1.92 bits per heavy atom. The highest BCUT2D eigenvalue weighted by molar-refractivity contribution is 5.92. The lowest BCUT2D eigenvalue weighted by atomic mass is 9.73. The standard InChI is InChI=1S/C20H23N3O.C2H6/c1-14-9-17-18(12-22-19(17)10-16(14)11-21)15(2)24-13-20-3-6-23(7-4-20)8-5-20;1-2/h9-10,12,22H,2-8,13H2,1H3;1-2H3. The molecule has 26 heavy (non-hydrogen) atoms. The van der Waals surface area contributed by atoms with E-state index < -0.39 is 0 Å². The van der Waals surface area contributed by atoms with Crippen molar-refractivity contribution < 1.29 is 4.74 Å². The molecule has 5 rings (SSSR count). The highest BCUT2D eigenvalue weighted by Crippen LogP contribution is 2.41. The van der Waals surface area contributed by atoms with Crippen LogP contribution in [0.1, 0.15) is 49.8 Å². The van der Waals surface area contributed by atoms with E-state index in [0.717, 1.165) is 34.4 Å². The molecule has 4 heteroatoms. The Hall–Kier alpha value is -2.25. The Morgan fingerprint density at radius 1 is 1.27 bits per heavy atom. The zero-order valence-corrected chi connectivity index (χ0v) is 16.2. The monoisotopic (exact) mass is 351 g/mol. The molecule has 0 spiro atoms. The minimum atomic E-state index is 0.341. The third-order valence-corrected chi connectivity index (χ3v) is 5.88. The van der Waals surface area contributed by atoms with Crippen molar-refractivity contribution in [2.45, 2.75) is 40.0 Å². The van der Waals surface area contributed by atoms with Crippen molar-refractivity contribution in [3.8, 4) is 6.07 Å². The van der Waals surface area contributed by atoms with Crippen LogP contribution >= 0.6 is 0 Å². The summed E-state index contributed by atoms with van der Waals surface area (Å²) in [7, 11) is 0. The van der Waals surface area contributed by atoms with Gasteiger partial charge in [0.2, 0.25) is 0 Å². The first kappa shape index (κ1) is 18.5. The molecule has 3 fully saturated rings. The Morgan fingerprint density at radius 3 is 2.54 bits per heavy atom. The number of hydrogen-bond donors (Lipinski definition) is 1. The van der Waals surface area contributed by atoms with Crippen molar-refractivity contribution in [3.05, 3.63) is 41.6 Å². The van der Waals surface area contributed by atoms with Gasteiger partial charge in [0.25, 0.3) is 0 Å². The molecule has 0 saturated carbocycles. The maximum atomic E-state index is 9.17. The van der Waals surface area contributed by atoms with Gasteiger partial charge in [-0.15, -0.1) is 0 Å². The van der Waals surface area contributed by atoms with E-state index in [0.29, 0.717) is 11.0 Å². The first-order valence-corrected chi connectivity index (χ1v) is 9.66. The van der Waals surface area contributed by atoms with Crippen LogP contribution in [0.15, 0.2) is 24.9 Å². The van der Waals surface area contributed by atoms with Crippen LogP contribution in [-0.2, 0) is 4.74 Å². The predicted octanol–water partition coefficient (Wildman–Crippen LogP) is 4.85. The highest BCUT2D eigenvalue weighted by atomic mass is 16.5. The molecule has 0 amide bonds. The van der Waals surface area contributed by atoms with Crippen molar-refractivity contribution >= 4 is 16.7 Å². The quantitative estimate of drug-likeness (QED) is 0.801. The van der Waals surface area contributed by atoms with E-state index in [1.54, 1.807) is 0 Å². The largest absolute Gasteiger partial charge is 0.493 e. The number of aromatic nitrogens is 1. The molecule has 0 radical (unpaired) electrons. The predicted molar refractivity (Wildman–Crippen MR) is 107 cm³/mol. The lowest BCUT2D eigenvalue weighted by Crippen LogP contribution is -2.50. The number of nitriles is 1. The van der Waals surface area contributed by atoms with Crippen LogP contribution in [-0.4, -0.2) is 36.1 Å². The number of benzene rings is 1. The number of aryl methyl sites for hydroxylation is 1. The SMILES string of the molecule is C=C(OCC12CCN(CC1)CC2)c1c[nH]c2cc(C#N)c(C)cc12.CC.